The van der Waals surface area contributed by atoms with E-state index in [1.54, 1.807) is 20.4 Å². The molecule has 1 fully saturated rings. The Kier molecular flexibility index (Phi) is 8.23. The maximum atomic E-state index is 12.4. The van der Waals surface area contributed by atoms with Gasteiger partial charge in [-0.05, 0) is 92.3 Å². The fourth-order valence-electron chi connectivity index (χ4n) is 5.43. The van der Waals surface area contributed by atoms with E-state index in [-0.39, 0.29) is 24.6 Å². The molecule has 2 atom stereocenters. The Bertz CT molecular complexity index is 1550. The van der Waals surface area contributed by atoms with Gasteiger partial charge in [-0.15, -0.1) is 0 Å². The van der Waals surface area contributed by atoms with Crippen LogP contribution in [0.2, 0.25) is 0 Å². The van der Waals surface area contributed by atoms with Crippen LogP contribution >= 0.6 is 12.2 Å². The van der Waals surface area contributed by atoms with E-state index in [4.69, 9.17) is 26.4 Å². The Labute approximate surface area is 245 Å². The number of nitrogens with zero attached hydrogens (tertiary/aromatic N) is 3. The molecule has 3 heterocycles. The Balaban J connectivity index is 1.63. The molecule has 1 saturated heterocycles. The molecule has 0 bridgehead atoms. The van der Waals surface area contributed by atoms with Crippen LogP contribution in [-0.4, -0.2) is 48.5 Å². The second-order valence-corrected chi connectivity index (χ2v) is 10.1. The maximum absolute atomic E-state index is 12.4. The number of aryl methyl sites for hydroxylation is 1. The largest absolute Gasteiger partial charge is 0.497 e. The number of carbonyl (C=O) groups is 1. The van der Waals surface area contributed by atoms with Crippen molar-refractivity contribution in [2.75, 3.05) is 38.2 Å². The molecule has 1 aliphatic heterocycles. The summed E-state index contributed by atoms with van der Waals surface area (Å²) in [6.45, 7) is 4.14. The van der Waals surface area contributed by atoms with Gasteiger partial charge in [0, 0.05) is 36.1 Å². The van der Waals surface area contributed by atoms with Crippen LogP contribution in [0.25, 0.3) is 5.69 Å². The van der Waals surface area contributed by atoms with Crippen LogP contribution in [0.5, 0.6) is 11.5 Å². The number of pyridine rings is 1. The molecule has 0 aliphatic carbocycles. The second-order valence-electron chi connectivity index (χ2n) is 9.72. The smallest absolute Gasteiger partial charge is 0.250 e. The molecule has 0 saturated carbocycles. The first-order chi connectivity index (χ1) is 19.9. The molecule has 0 spiro atoms. The molecule has 4 aromatic rings. The molecule has 9 nitrogen and oxygen atoms in total. The zero-order chi connectivity index (χ0) is 29.1. The number of aromatic nitrogens is 2. The number of methoxy groups -OCH3 is 3. The van der Waals surface area contributed by atoms with Crippen LogP contribution in [-0.2, 0) is 9.53 Å². The Hall–Kier alpha value is -4.41. The first-order valence-corrected chi connectivity index (χ1v) is 13.6. The summed E-state index contributed by atoms with van der Waals surface area (Å²) in [5.74, 6) is 1.05. The summed E-state index contributed by atoms with van der Waals surface area (Å²) in [5, 5.41) is 6.96. The van der Waals surface area contributed by atoms with Crippen LogP contribution in [0.1, 0.15) is 34.7 Å². The quantitative estimate of drug-likeness (QED) is 0.263. The Morgan fingerprint density at radius 2 is 1.76 bits per heavy atom. The minimum absolute atomic E-state index is 0.0706. The zero-order valence-electron chi connectivity index (χ0n) is 23.7. The second kappa shape index (κ2) is 12.0. The van der Waals surface area contributed by atoms with Crippen molar-refractivity contribution in [3.05, 3.63) is 95.6 Å². The maximum Gasteiger partial charge on any atom is 0.250 e. The number of thiocarbonyl (C=S) groups is 1. The third kappa shape index (κ3) is 5.48. The lowest BCUT2D eigenvalue weighted by Gasteiger charge is -2.29. The monoisotopic (exact) mass is 571 g/mol. The van der Waals surface area contributed by atoms with E-state index in [1.165, 1.54) is 7.11 Å². The van der Waals surface area contributed by atoms with Gasteiger partial charge in [0.05, 0.1) is 37.7 Å². The lowest BCUT2D eigenvalue weighted by Crippen LogP contribution is -2.29. The third-order valence-electron chi connectivity index (χ3n) is 7.23. The first-order valence-electron chi connectivity index (χ1n) is 13.2. The van der Waals surface area contributed by atoms with E-state index < -0.39 is 0 Å². The number of ether oxygens (including phenoxy) is 3. The predicted octanol–water partition coefficient (Wildman–Crippen LogP) is 5.27. The molecule has 2 aromatic heterocycles. The van der Waals surface area contributed by atoms with Gasteiger partial charge in [-0.1, -0.05) is 6.07 Å². The lowest BCUT2D eigenvalue weighted by molar-refractivity contribution is -0.119. The highest BCUT2D eigenvalue weighted by Crippen LogP contribution is 2.45. The molecule has 10 heteroatoms. The van der Waals surface area contributed by atoms with Gasteiger partial charge in [0.2, 0.25) is 5.91 Å². The van der Waals surface area contributed by atoms with Crippen molar-refractivity contribution >= 4 is 34.6 Å². The van der Waals surface area contributed by atoms with Crippen LogP contribution in [0.15, 0.2) is 72.9 Å². The van der Waals surface area contributed by atoms with Crippen molar-refractivity contribution in [2.45, 2.75) is 25.9 Å². The summed E-state index contributed by atoms with van der Waals surface area (Å²) in [4.78, 5) is 19.2. The summed E-state index contributed by atoms with van der Waals surface area (Å²) < 4.78 is 18.1. The van der Waals surface area contributed by atoms with Gasteiger partial charge in [0.1, 0.15) is 18.1 Å². The van der Waals surface area contributed by atoms with Gasteiger partial charge in [-0.2, -0.15) is 0 Å². The van der Waals surface area contributed by atoms with Crippen molar-refractivity contribution in [3.63, 3.8) is 0 Å². The number of amides is 1. The minimum atomic E-state index is -0.281. The molecular weight excluding hydrogens is 538 g/mol. The van der Waals surface area contributed by atoms with Crippen molar-refractivity contribution < 1.29 is 19.0 Å². The molecule has 5 rings (SSSR count). The van der Waals surface area contributed by atoms with Gasteiger partial charge in [0.15, 0.2) is 5.11 Å². The fourth-order valence-corrected chi connectivity index (χ4v) is 5.77. The van der Waals surface area contributed by atoms with E-state index >= 15 is 0 Å². The van der Waals surface area contributed by atoms with Crippen molar-refractivity contribution in [1.82, 2.24) is 14.9 Å². The number of hydrogen-bond donors (Lipinski definition) is 2. The zero-order valence-corrected chi connectivity index (χ0v) is 24.5. The molecule has 41 heavy (non-hydrogen) atoms. The number of carbonyl (C=O) groups excluding carboxylic acids is 1. The van der Waals surface area contributed by atoms with E-state index in [9.17, 15) is 4.79 Å². The van der Waals surface area contributed by atoms with Crippen LogP contribution in [0.3, 0.4) is 0 Å². The molecule has 0 unspecified atom stereocenters. The number of nitrogens with one attached hydrogen (secondary N) is 2. The highest BCUT2D eigenvalue weighted by molar-refractivity contribution is 7.80. The number of hydrogen-bond acceptors (Lipinski definition) is 6. The SMILES string of the molecule is COCC(=O)Nc1cc(N2C(=S)N[C@@H](c3ccccn3)[C@H]2c2cc(C)n(-c3ccc(OC)cc3)c2C)ccc1OC. The summed E-state index contributed by atoms with van der Waals surface area (Å²) >= 11 is 5.94. The van der Waals surface area contributed by atoms with Crippen molar-refractivity contribution in [3.8, 4) is 17.2 Å². The topological polar surface area (TPSA) is 89.9 Å². The van der Waals surface area contributed by atoms with E-state index in [2.05, 4.69) is 45.0 Å². The standard InChI is InChI=1S/C31H33N5O4S/c1-19-16-24(20(2)35(19)21-9-12-23(39-4)13-10-21)30-29(25-8-6-7-15-32-25)34-31(41)36(30)22-11-14-27(40-5)26(17-22)33-28(37)18-38-3/h6-17,29-30H,18H2,1-5H3,(H,33,37)(H,34,41)/t29-,30+/m0/s1. The van der Waals surface area contributed by atoms with E-state index in [1.807, 2.05) is 60.7 Å². The molecule has 1 aliphatic rings. The van der Waals surface area contributed by atoms with Gasteiger partial charge >= 0.3 is 0 Å². The molecule has 2 N–H and O–H groups in total. The van der Waals surface area contributed by atoms with Crippen LogP contribution in [0, 0.1) is 13.8 Å². The van der Waals surface area contributed by atoms with E-state index in [0.717, 1.165) is 39.8 Å². The summed E-state index contributed by atoms with van der Waals surface area (Å²) in [6.07, 6.45) is 1.79. The van der Waals surface area contributed by atoms with Gasteiger partial charge in [-0.25, -0.2) is 0 Å². The fraction of sp³-hybridized carbons (Fsp3) is 0.258. The lowest BCUT2D eigenvalue weighted by atomic mass is 9.96. The van der Waals surface area contributed by atoms with Gasteiger partial charge in [0.25, 0.3) is 0 Å². The highest BCUT2D eigenvalue weighted by Gasteiger charge is 2.42. The minimum Gasteiger partial charge on any atom is -0.497 e. The number of rotatable bonds is 9. The van der Waals surface area contributed by atoms with Crippen molar-refractivity contribution in [1.29, 1.82) is 0 Å². The normalized spacial score (nSPS) is 16.4. The van der Waals surface area contributed by atoms with Crippen LogP contribution < -0.4 is 25.0 Å². The summed E-state index contributed by atoms with van der Waals surface area (Å²) in [5.41, 5.74) is 6.50. The molecule has 0 radical (unpaired) electrons. The Morgan fingerprint density at radius 1 is 1.00 bits per heavy atom. The van der Waals surface area contributed by atoms with Gasteiger partial charge < -0.3 is 34.3 Å². The number of benzene rings is 2. The molecular formula is C31H33N5O4S. The third-order valence-corrected chi connectivity index (χ3v) is 7.54. The number of anilines is 2. The van der Waals surface area contributed by atoms with Crippen molar-refractivity contribution in [2.24, 2.45) is 0 Å². The highest BCUT2D eigenvalue weighted by atomic mass is 32.1. The molecule has 212 valence electrons. The summed E-state index contributed by atoms with van der Waals surface area (Å²) in [6, 6.07) is 21.3. The summed E-state index contributed by atoms with van der Waals surface area (Å²) in [7, 11) is 4.71. The van der Waals surface area contributed by atoms with Crippen LogP contribution in [0.4, 0.5) is 11.4 Å². The average molecular weight is 572 g/mol. The van der Waals surface area contributed by atoms with E-state index in [0.29, 0.717) is 16.5 Å². The first kappa shape index (κ1) is 28.1. The average Bonchev–Trinajstić information content (AvgIpc) is 3.48. The van der Waals surface area contributed by atoms with Gasteiger partial charge in [-0.3, -0.25) is 9.78 Å². The molecule has 2 aromatic carbocycles. The molecule has 1 amide bonds. The Morgan fingerprint density at radius 3 is 2.41 bits per heavy atom. The predicted molar refractivity (Wildman–Crippen MR) is 163 cm³/mol.